The van der Waals surface area contributed by atoms with Gasteiger partial charge in [-0.3, -0.25) is 9.89 Å². The van der Waals surface area contributed by atoms with Crippen LogP contribution in [-0.2, 0) is 24.8 Å². The first-order valence-corrected chi connectivity index (χ1v) is 10.4. The molecule has 3 heterocycles. The van der Waals surface area contributed by atoms with Gasteiger partial charge in [-0.15, -0.1) is 0 Å². The van der Waals surface area contributed by atoms with Crippen molar-refractivity contribution in [1.82, 2.24) is 20.4 Å². The largest absolute Gasteiger partial charge is 0.336 e. The fourth-order valence-corrected chi connectivity index (χ4v) is 5.45. The average molecular weight is 364 g/mol. The minimum atomic E-state index is 0.108. The van der Waals surface area contributed by atoms with Gasteiger partial charge in [-0.1, -0.05) is 30.7 Å². The van der Waals surface area contributed by atoms with E-state index < -0.39 is 0 Å². The standard InChI is InChI=1S/C22H28N4O/c27-21(20-17-14-23-12-9-19(17)24-25-20)26-13-5-11-22(15-26)10-4-3-7-16-6-1-2-8-18(16)22/h1-2,6,8,23H,3-5,7,9-15H2,(H,24,25). The topological polar surface area (TPSA) is 61.0 Å². The molecule has 27 heavy (non-hydrogen) atoms. The van der Waals surface area contributed by atoms with Crippen molar-refractivity contribution in [2.45, 2.75) is 56.9 Å². The quantitative estimate of drug-likeness (QED) is 0.818. The Hall–Kier alpha value is -2.14. The zero-order valence-corrected chi connectivity index (χ0v) is 15.9. The summed E-state index contributed by atoms with van der Waals surface area (Å²) in [7, 11) is 0. The molecule has 5 nitrogen and oxygen atoms in total. The fourth-order valence-electron chi connectivity index (χ4n) is 5.45. The van der Waals surface area contributed by atoms with Crippen molar-refractivity contribution >= 4 is 5.91 Å². The molecule has 1 aromatic heterocycles. The Morgan fingerprint density at radius 1 is 1.11 bits per heavy atom. The first kappa shape index (κ1) is 17.0. The molecule has 1 aliphatic carbocycles. The molecule has 5 heteroatoms. The van der Waals surface area contributed by atoms with Gasteiger partial charge in [0.25, 0.3) is 5.91 Å². The molecule has 1 saturated heterocycles. The summed E-state index contributed by atoms with van der Waals surface area (Å²) in [6.45, 7) is 3.37. The Morgan fingerprint density at radius 3 is 2.96 bits per heavy atom. The highest BCUT2D eigenvalue weighted by Gasteiger charge is 2.41. The second kappa shape index (κ2) is 6.79. The number of likely N-dealkylation sites (tertiary alicyclic amines) is 1. The summed E-state index contributed by atoms with van der Waals surface area (Å²) < 4.78 is 0. The first-order chi connectivity index (χ1) is 13.3. The number of fused-ring (bicyclic) bond motifs is 3. The Labute approximate surface area is 160 Å². The highest BCUT2D eigenvalue weighted by Crippen LogP contribution is 2.43. The maximum absolute atomic E-state index is 13.4. The molecule has 142 valence electrons. The number of carbonyl (C=O) groups is 1. The van der Waals surface area contributed by atoms with Crippen LogP contribution in [0.5, 0.6) is 0 Å². The van der Waals surface area contributed by atoms with E-state index in [0.29, 0.717) is 5.69 Å². The van der Waals surface area contributed by atoms with Gasteiger partial charge in [0, 0.05) is 49.3 Å². The summed E-state index contributed by atoms with van der Waals surface area (Å²) in [5.74, 6) is 0.108. The van der Waals surface area contributed by atoms with Crippen LogP contribution in [0.15, 0.2) is 24.3 Å². The van der Waals surface area contributed by atoms with Crippen LogP contribution in [0.2, 0.25) is 0 Å². The van der Waals surface area contributed by atoms with Gasteiger partial charge < -0.3 is 10.2 Å². The minimum absolute atomic E-state index is 0.108. The number of carbonyl (C=O) groups excluding carboxylic acids is 1. The molecule has 0 bridgehead atoms. The van der Waals surface area contributed by atoms with Crippen LogP contribution in [0.25, 0.3) is 0 Å². The Morgan fingerprint density at radius 2 is 2.00 bits per heavy atom. The van der Waals surface area contributed by atoms with Gasteiger partial charge in [0.05, 0.1) is 0 Å². The fraction of sp³-hybridized carbons (Fsp3) is 0.545. The van der Waals surface area contributed by atoms with E-state index in [0.717, 1.165) is 50.3 Å². The third-order valence-electron chi connectivity index (χ3n) is 6.81. The van der Waals surface area contributed by atoms with Crippen molar-refractivity contribution in [3.63, 3.8) is 0 Å². The van der Waals surface area contributed by atoms with Crippen molar-refractivity contribution < 1.29 is 4.79 Å². The van der Waals surface area contributed by atoms with E-state index in [1.165, 1.54) is 43.2 Å². The zero-order valence-electron chi connectivity index (χ0n) is 15.9. The summed E-state index contributed by atoms with van der Waals surface area (Å²) in [6, 6.07) is 8.93. The van der Waals surface area contributed by atoms with Gasteiger partial charge in [0.1, 0.15) is 0 Å². The molecule has 5 rings (SSSR count). The van der Waals surface area contributed by atoms with Crippen molar-refractivity contribution in [3.8, 4) is 0 Å². The van der Waals surface area contributed by atoms with Gasteiger partial charge in [0.2, 0.25) is 0 Å². The van der Waals surface area contributed by atoms with Gasteiger partial charge in [-0.05, 0) is 43.2 Å². The van der Waals surface area contributed by atoms with E-state index in [4.69, 9.17) is 0 Å². The highest BCUT2D eigenvalue weighted by molar-refractivity contribution is 5.94. The summed E-state index contributed by atoms with van der Waals surface area (Å²) in [6.07, 6.45) is 8.05. The second-order valence-corrected chi connectivity index (χ2v) is 8.43. The minimum Gasteiger partial charge on any atom is -0.336 e. The monoisotopic (exact) mass is 364 g/mol. The van der Waals surface area contributed by atoms with Gasteiger partial charge >= 0.3 is 0 Å². The molecule has 0 saturated carbocycles. The molecule has 1 aromatic carbocycles. The molecule has 1 fully saturated rings. The maximum atomic E-state index is 13.4. The summed E-state index contributed by atoms with van der Waals surface area (Å²) in [4.78, 5) is 15.5. The lowest BCUT2D eigenvalue weighted by atomic mass is 9.70. The molecule has 2 aliphatic heterocycles. The molecule has 1 spiro atoms. The lowest BCUT2D eigenvalue weighted by Gasteiger charge is -2.43. The Kier molecular flexibility index (Phi) is 4.27. The molecular formula is C22H28N4O. The zero-order chi connectivity index (χ0) is 18.3. The van der Waals surface area contributed by atoms with Crippen molar-refractivity contribution in [3.05, 3.63) is 52.3 Å². The number of rotatable bonds is 1. The molecule has 3 aliphatic rings. The van der Waals surface area contributed by atoms with Crippen molar-refractivity contribution in [1.29, 1.82) is 0 Å². The Bertz CT molecular complexity index is 858. The maximum Gasteiger partial charge on any atom is 0.274 e. The van der Waals surface area contributed by atoms with Crippen LogP contribution in [-0.4, -0.2) is 40.6 Å². The van der Waals surface area contributed by atoms with Crippen LogP contribution in [0.4, 0.5) is 0 Å². The third-order valence-corrected chi connectivity index (χ3v) is 6.81. The Balaban J connectivity index is 1.46. The normalized spacial score (nSPS) is 25.0. The number of aryl methyl sites for hydroxylation is 1. The van der Waals surface area contributed by atoms with Crippen LogP contribution in [0, 0.1) is 0 Å². The number of amides is 1. The average Bonchev–Trinajstić information content (AvgIpc) is 3.07. The van der Waals surface area contributed by atoms with E-state index in [1.54, 1.807) is 0 Å². The number of H-pyrrole nitrogens is 1. The van der Waals surface area contributed by atoms with E-state index in [9.17, 15) is 4.79 Å². The van der Waals surface area contributed by atoms with Crippen LogP contribution in [0.3, 0.4) is 0 Å². The molecule has 1 unspecified atom stereocenters. The predicted octanol–water partition coefficient (Wildman–Crippen LogP) is 2.96. The molecule has 0 radical (unpaired) electrons. The number of aromatic amines is 1. The van der Waals surface area contributed by atoms with E-state index in [2.05, 4.69) is 44.7 Å². The smallest absolute Gasteiger partial charge is 0.274 e. The van der Waals surface area contributed by atoms with E-state index in [1.807, 2.05) is 0 Å². The lowest BCUT2D eigenvalue weighted by molar-refractivity contribution is 0.0618. The number of benzene rings is 1. The number of nitrogens with one attached hydrogen (secondary N) is 2. The lowest BCUT2D eigenvalue weighted by Crippen LogP contribution is -2.49. The molecule has 2 aromatic rings. The van der Waals surface area contributed by atoms with E-state index >= 15 is 0 Å². The molecule has 2 N–H and O–H groups in total. The van der Waals surface area contributed by atoms with Gasteiger partial charge in [-0.2, -0.15) is 5.10 Å². The predicted molar refractivity (Wildman–Crippen MR) is 105 cm³/mol. The number of piperidine rings is 1. The summed E-state index contributed by atoms with van der Waals surface area (Å²) in [5, 5.41) is 10.9. The number of hydrogen-bond donors (Lipinski definition) is 2. The van der Waals surface area contributed by atoms with Crippen LogP contribution >= 0.6 is 0 Å². The summed E-state index contributed by atoms with van der Waals surface area (Å²) >= 11 is 0. The van der Waals surface area contributed by atoms with Gasteiger partial charge in [0.15, 0.2) is 5.69 Å². The first-order valence-electron chi connectivity index (χ1n) is 10.4. The number of nitrogens with zero attached hydrogens (tertiary/aromatic N) is 2. The molecular weight excluding hydrogens is 336 g/mol. The van der Waals surface area contributed by atoms with Gasteiger partial charge in [-0.25, -0.2) is 0 Å². The second-order valence-electron chi connectivity index (χ2n) is 8.43. The van der Waals surface area contributed by atoms with Crippen LogP contribution < -0.4 is 5.32 Å². The third kappa shape index (κ3) is 2.89. The van der Waals surface area contributed by atoms with Crippen molar-refractivity contribution in [2.75, 3.05) is 19.6 Å². The van der Waals surface area contributed by atoms with Crippen LogP contribution in [0.1, 0.15) is 65.0 Å². The highest BCUT2D eigenvalue weighted by atomic mass is 16.2. The van der Waals surface area contributed by atoms with Crippen molar-refractivity contribution in [2.24, 2.45) is 0 Å². The molecule has 1 atom stereocenters. The molecule has 1 amide bonds. The number of aromatic nitrogens is 2. The SMILES string of the molecule is O=C(c1n[nH]c2c1CNCC2)N1CCCC2(CCCCc3ccccc32)C1. The van der Waals surface area contributed by atoms with E-state index in [-0.39, 0.29) is 11.3 Å². The summed E-state index contributed by atoms with van der Waals surface area (Å²) in [5.41, 5.74) is 5.94. The number of hydrogen-bond acceptors (Lipinski definition) is 3.